The summed E-state index contributed by atoms with van der Waals surface area (Å²) in [7, 11) is -6.86. The van der Waals surface area contributed by atoms with E-state index in [-0.39, 0.29) is 53.0 Å². The Morgan fingerprint density at radius 1 is 0.814 bits per heavy atom. The van der Waals surface area contributed by atoms with Gasteiger partial charge in [0.05, 0.1) is 17.7 Å². The predicted octanol–water partition coefficient (Wildman–Crippen LogP) is 3.43. The molecule has 5 rings (SSSR count). The fraction of sp³-hybridized carbons (Fsp3) is 0.310. The lowest BCUT2D eigenvalue weighted by atomic mass is 10.1. The largest absolute Gasteiger partial charge is 0.456 e. The molecule has 0 bridgehead atoms. The van der Waals surface area contributed by atoms with Crippen molar-refractivity contribution < 1.29 is 40.2 Å². The number of fused-ring (bicyclic) bond motifs is 1. The molecule has 12 nitrogen and oxygen atoms in total. The number of sulfonamides is 1. The molecule has 0 atom stereocenters. The molecule has 0 saturated carbocycles. The van der Waals surface area contributed by atoms with Crippen molar-refractivity contribution in [2.75, 3.05) is 39.8 Å². The predicted molar refractivity (Wildman–Crippen MR) is 155 cm³/mol. The van der Waals surface area contributed by atoms with E-state index in [1.165, 1.54) is 52.8 Å². The van der Waals surface area contributed by atoms with Crippen molar-refractivity contribution in [3.63, 3.8) is 0 Å². The topological polar surface area (TPSA) is 140 Å². The van der Waals surface area contributed by atoms with E-state index in [0.29, 0.717) is 30.1 Å². The molecular formula is C29H31N3O9S2. The minimum atomic E-state index is -4.62. The number of rotatable bonds is 10. The zero-order valence-corrected chi connectivity index (χ0v) is 25.5. The van der Waals surface area contributed by atoms with E-state index >= 15 is 0 Å². The van der Waals surface area contributed by atoms with Gasteiger partial charge in [-0.1, -0.05) is 25.1 Å². The molecule has 1 saturated heterocycles. The second-order valence-corrected chi connectivity index (χ2v) is 13.6. The first-order valence-corrected chi connectivity index (χ1v) is 16.4. The normalized spacial score (nSPS) is 16.4. The summed E-state index contributed by atoms with van der Waals surface area (Å²) in [6.07, 6.45) is 0.595. The number of likely N-dealkylation sites (N-methyl/N-ethyl adjacent to an activating group) is 1. The number of piperazine rings is 1. The zero-order valence-electron chi connectivity index (χ0n) is 23.8. The molecular weight excluding hydrogens is 598 g/mol. The molecule has 0 unspecified atom stereocenters. The van der Waals surface area contributed by atoms with Gasteiger partial charge in [-0.25, -0.2) is 8.42 Å². The van der Waals surface area contributed by atoms with Gasteiger partial charge in [-0.05, 0) is 62.4 Å². The van der Waals surface area contributed by atoms with Gasteiger partial charge in [-0.15, -0.1) is 5.06 Å². The number of amides is 2. The first kappa shape index (κ1) is 30.6. The fourth-order valence-corrected chi connectivity index (χ4v) is 7.89. The number of hydrogen-bond acceptors (Lipinski definition) is 10. The Labute approximate surface area is 250 Å². The Kier molecular flexibility index (Phi) is 8.58. The summed E-state index contributed by atoms with van der Waals surface area (Å²) in [5, 5.41) is 0.700. The van der Waals surface area contributed by atoms with Crippen LogP contribution >= 0.6 is 0 Å². The number of nitrogens with zero attached hydrogens (tertiary/aromatic N) is 3. The van der Waals surface area contributed by atoms with E-state index in [4.69, 9.17) is 13.8 Å². The third-order valence-electron chi connectivity index (χ3n) is 6.92. The van der Waals surface area contributed by atoms with Crippen LogP contribution in [-0.4, -0.2) is 82.8 Å². The van der Waals surface area contributed by atoms with Gasteiger partial charge in [-0.3, -0.25) is 14.4 Å². The quantitative estimate of drug-likeness (QED) is 0.242. The number of benzene rings is 3. The van der Waals surface area contributed by atoms with Gasteiger partial charge in [0.15, 0.2) is 0 Å². The van der Waals surface area contributed by atoms with Crippen molar-refractivity contribution in [3.05, 3.63) is 77.4 Å². The third kappa shape index (κ3) is 6.15. The van der Waals surface area contributed by atoms with E-state index < -0.39 is 36.9 Å². The molecule has 1 fully saturated rings. The molecule has 2 aliphatic rings. The standard InChI is InChI=1S/C29H31N3O9S2/c1-4-16-39-32-28(33)23-8-7-9-24(27(23)29(32)34)40-21-17-20(2)18-22(19-21)41-43(37,38)26-11-6-5-10-25(26)42(35,36)31-14-12-30(3)13-15-31/h5-11,17-19H,4,12-16H2,1-3H3. The molecule has 0 N–H and O–H groups in total. The van der Waals surface area contributed by atoms with Crippen LogP contribution in [0.15, 0.2) is 70.5 Å². The Morgan fingerprint density at radius 3 is 2.19 bits per heavy atom. The van der Waals surface area contributed by atoms with Crippen LogP contribution in [0.1, 0.15) is 39.6 Å². The van der Waals surface area contributed by atoms with E-state index in [1.807, 2.05) is 18.9 Å². The number of ether oxygens (including phenoxy) is 1. The Morgan fingerprint density at radius 2 is 1.49 bits per heavy atom. The van der Waals surface area contributed by atoms with E-state index in [9.17, 15) is 26.4 Å². The second kappa shape index (κ2) is 12.1. The molecule has 2 amide bonds. The highest BCUT2D eigenvalue weighted by atomic mass is 32.2. The van der Waals surface area contributed by atoms with Crippen LogP contribution in [-0.2, 0) is 25.0 Å². The SMILES string of the molecule is CCCON1C(=O)c2cccc(Oc3cc(C)cc(OS(=O)(=O)c4ccccc4S(=O)(=O)N4CCN(C)CC4)c3)c2C1=O. The third-order valence-corrected chi connectivity index (χ3v) is 10.3. The van der Waals surface area contributed by atoms with Crippen LogP contribution in [0.2, 0.25) is 0 Å². The van der Waals surface area contributed by atoms with Gasteiger partial charge in [0.2, 0.25) is 10.0 Å². The Balaban J connectivity index is 1.43. The molecule has 0 aromatic heterocycles. The first-order valence-electron chi connectivity index (χ1n) is 13.6. The number of aryl methyl sites for hydroxylation is 1. The number of hydroxylamine groups is 2. The highest BCUT2D eigenvalue weighted by Gasteiger charge is 2.40. The molecule has 2 aliphatic heterocycles. The van der Waals surface area contributed by atoms with Gasteiger partial charge >= 0.3 is 10.1 Å². The molecule has 228 valence electrons. The average molecular weight is 630 g/mol. The minimum absolute atomic E-state index is 0.0169. The summed E-state index contributed by atoms with van der Waals surface area (Å²) in [6.45, 7) is 5.20. The van der Waals surface area contributed by atoms with Gasteiger partial charge in [0, 0.05) is 32.2 Å². The highest BCUT2D eigenvalue weighted by molar-refractivity contribution is 7.91. The summed E-state index contributed by atoms with van der Waals surface area (Å²) in [6, 6.07) is 14.2. The summed E-state index contributed by atoms with van der Waals surface area (Å²) in [4.78, 5) is 32.2. The minimum Gasteiger partial charge on any atom is -0.456 e. The molecule has 43 heavy (non-hydrogen) atoms. The van der Waals surface area contributed by atoms with Crippen molar-refractivity contribution in [2.45, 2.75) is 30.1 Å². The van der Waals surface area contributed by atoms with E-state index in [1.54, 1.807) is 19.1 Å². The second-order valence-electron chi connectivity index (χ2n) is 10.2. The van der Waals surface area contributed by atoms with Crippen LogP contribution in [0.3, 0.4) is 0 Å². The van der Waals surface area contributed by atoms with Crippen molar-refractivity contribution >= 4 is 32.0 Å². The number of carbonyl (C=O) groups excluding carboxylic acids is 2. The molecule has 3 aromatic rings. The van der Waals surface area contributed by atoms with Crippen LogP contribution in [0, 0.1) is 6.92 Å². The summed E-state index contributed by atoms with van der Waals surface area (Å²) in [5.74, 6) is -1.21. The fourth-order valence-electron chi connectivity index (χ4n) is 4.77. The lowest BCUT2D eigenvalue weighted by molar-refractivity contribution is -0.0910. The van der Waals surface area contributed by atoms with Crippen LogP contribution in [0.5, 0.6) is 17.2 Å². The molecule has 0 radical (unpaired) electrons. The van der Waals surface area contributed by atoms with Gasteiger partial charge < -0.3 is 13.8 Å². The molecule has 3 aromatic carbocycles. The van der Waals surface area contributed by atoms with Gasteiger partial charge in [-0.2, -0.15) is 12.7 Å². The van der Waals surface area contributed by atoms with Crippen molar-refractivity contribution in [2.24, 2.45) is 0 Å². The monoisotopic (exact) mass is 629 g/mol. The Bertz CT molecular complexity index is 1780. The van der Waals surface area contributed by atoms with Gasteiger partial charge in [0.1, 0.15) is 27.0 Å². The van der Waals surface area contributed by atoms with Crippen molar-refractivity contribution in [1.29, 1.82) is 0 Å². The number of carbonyl (C=O) groups is 2. The highest BCUT2D eigenvalue weighted by Crippen LogP contribution is 2.36. The maximum absolute atomic E-state index is 13.5. The zero-order chi connectivity index (χ0) is 30.9. The molecule has 14 heteroatoms. The summed E-state index contributed by atoms with van der Waals surface area (Å²) in [5.41, 5.74) is 0.690. The van der Waals surface area contributed by atoms with Crippen LogP contribution < -0.4 is 8.92 Å². The maximum atomic E-state index is 13.5. The van der Waals surface area contributed by atoms with Gasteiger partial charge in [0.25, 0.3) is 11.8 Å². The number of imide groups is 1. The van der Waals surface area contributed by atoms with Crippen LogP contribution in [0.25, 0.3) is 0 Å². The lowest BCUT2D eigenvalue weighted by Crippen LogP contribution is -2.47. The molecule has 0 aliphatic carbocycles. The van der Waals surface area contributed by atoms with Crippen molar-refractivity contribution in [3.8, 4) is 17.2 Å². The van der Waals surface area contributed by atoms with E-state index in [2.05, 4.69) is 0 Å². The maximum Gasteiger partial charge on any atom is 0.340 e. The Hall–Kier alpha value is -3.82. The smallest absolute Gasteiger partial charge is 0.340 e. The lowest BCUT2D eigenvalue weighted by Gasteiger charge is -2.31. The van der Waals surface area contributed by atoms with Crippen molar-refractivity contribution in [1.82, 2.24) is 14.3 Å². The number of hydrogen-bond donors (Lipinski definition) is 0. The first-order chi connectivity index (χ1) is 20.4. The van der Waals surface area contributed by atoms with E-state index in [0.717, 1.165) is 0 Å². The summed E-state index contributed by atoms with van der Waals surface area (Å²) < 4.78 is 66.5. The summed E-state index contributed by atoms with van der Waals surface area (Å²) >= 11 is 0. The molecule has 0 spiro atoms. The average Bonchev–Trinajstić information content (AvgIpc) is 3.21. The van der Waals surface area contributed by atoms with Crippen LogP contribution in [0.4, 0.5) is 0 Å². The molecule has 2 heterocycles.